The number of amides is 1. The number of nitrogens with zero attached hydrogens (tertiary/aromatic N) is 2. The second-order valence-electron chi connectivity index (χ2n) is 4.13. The van der Waals surface area contributed by atoms with Crippen molar-refractivity contribution in [3.63, 3.8) is 0 Å². The molecule has 0 aliphatic carbocycles. The van der Waals surface area contributed by atoms with Crippen molar-refractivity contribution in [3.8, 4) is 6.07 Å². The molecule has 5 nitrogen and oxygen atoms in total. The van der Waals surface area contributed by atoms with E-state index < -0.39 is 0 Å². The summed E-state index contributed by atoms with van der Waals surface area (Å²) in [7, 11) is 0. The Morgan fingerprint density at radius 3 is 2.75 bits per heavy atom. The summed E-state index contributed by atoms with van der Waals surface area (Å²) in [5.74, 6) is 0.272. The summed E-state index contributed by atoms with van der Waals surface area (Å²) in [6.45, 7) is 0.563. The van der Waals surface area contributed by atoms with Gasteiger partial charge in [0.05, 0.1) is 12.1 Å². The predicted octanol–water partition coefficient (Wildman–Crippen LogP) is 1.68. The first-order valence-electron chi connectivity index (χ1n) is 6.19. The maximum Gasteiger partial charge on any atom is 0.239 e. The molecule has 2 rings (SSSR count). The van der Waals surface area contributed by atoms with Gasteiger partial charge in [0.2, 0.25) is 5.91 Å². The number of nitrogens with one attached hydrogen (secondary N) is 2. The van der Waals surface area contributed by atoms with Crippen LogP contribution in [0.15, 0.2) is 48.7 Å². The Bertz CT molecular complexity index is 619. The number of hydrogen-bond acceptors (Lipinski definition) is 4. The normalized spacial score (nSPS) is 9.55. The Labute approximate surface area is 117 Å². The molecular weight excluding hydrogens is 252 g/mol. The van der Waals surface area contributed by atoms with E-state index in [9.17, 15) is 4.79 Å². The molecule has 0 spiro atoms. The SMILES string of the molecule is N#Cc1cccnc1NCC(=O)NCc1ccccc1. The molecule has 2 N–H and O–H groups in total. The lowest BCUT2D eigenvalue weighted by molar-refractivity contribution is -0.119. The number of hydrogen-bond donors (Lipinski definition) is 2. The van der Waals surface area contributed by atoms with E-state index in [1.54, 1.807) is 18.3 Å². The number of rotatable bonds is 5. The minimum absolute atomic E-state index is 0.0819. The van der Waals surface area contributed by atoms with E-state index in [2.05, 4.69) is 15.6 Å². The van der Waals surface area contributed by atoms with Crippen molar-refractivity contribution in [1.29, 1.82) is 5.26 Å². The molecule has 0 saturated carbocycles. The third-order valence-electron chi connectivity index (χ3n) is 2.68. The average molecular weight is 266 g/mol. The van der Waals surface area contributed by atoms with Gasteiger partial charge in [-0.1, -0.05) is 30.3 Å². The molecule has 0 unspecified atom stereocenters. The molecule has 100 valence electrons. The molecule has 0 saturated heterocycles. The summed E-state index contributed by atoms with van der Waals surface area (Å²) in [6, 6.07) is 15.0. The van der Waals surface area contributed by atoms with Gasteiger partial charge in [-0.2, -0.15) is 5.26 Å². The summed E-state index contributed by atoms with van der Waals surface area (Å²) in [6.07, 6.45) is 1.57. The van der Waals surface area contributed by atoms with Crippen LogP contribution in [0, 0.1) is 11.3 Å². The predicted molar refractivity (Wildman–Crippen MR) is 75.7 cm³/mol. The Morgan fingerprint density at radius 2 is 2.00 bits per heavy atom. The minimum Gasteiger partial charge on any atom is -0.360 e. The molecule has 1 amide bonds. The van der Waals surface area contributed by atoms with Crippen LogP contribution in [0.2, 0.25) is 0 Å². The van der Waals surface area contributed by atoms with Gasteiger partial charge in [-0.25, -0.2) is 4.98 Å². The highest BCUT2D eigenvalue weighted by molar-refractivity contribution is 5.80. The fourth-order valence-electron chi connectivity index (χ4n) is 1.66. The molecule has 0 atom stereocenters. The van der Waals surface area contributed by atoms with Crippen LogP contribution in [0.4, 0.5) is 5.82 Å². The highest BCUT2D eigenvalue weighted by Gasteiger charge is 2.05. The van der Waals surface area contributed by atoms with Crippen LogP contribution >= 0.6 is 0 Å². The zero-order chi connectivity index (χ0) is 14.2. The number of aromatic nitrogens is 1. The fourth-order valence-corrected chi connectivity index (χ4v) is 1.66. The summed E-state index contributed by atoms with van der Waals surface area (Å²) in [5.41, 5.74) is 1.46. The van der Waals surface area contributed by atoms with Gasteiger partial charge in [-0.3, -0.25) is 4.79 Å². The lowest BCUT2D eigenvalue weighted by atomic mass is 10.2. The third-order valence-corrected chi connectivity index (χ3v) is 2.68. The number of carbonyl (C=O) groups excluding carboxylic acids is 1. The van der Waals surface area contributed by atoms with E-state index in [1.165, 1.54) is 0 Å². The molecular formula is C15H14N4O. The van der Waals surface area contributed by atoms with E-state index >= 15 is 0 Å². The standard InChI is InChI=1S/C15H14N4O/c16-9-13-7-4-8-17-15(13)19-11-14(20)18-10-12-5-2-1-3-6-12/h1-8H,10-11H2,(H,17,19)(H,18,20). The first-order chi connectivity index (χ1) is 9.79. The molecule has 5 heteroatoms. The van der Waals surface area contributed by atoms with Gasteiger partial charge in [0.15, 0.2) is 0 Å². The van der Waals surface area contributed by atoms with Gasteiger partial charge in [-0.05, 0) is 17.7 Å². The quantitative estimate of drug-likeness (QED) is 0.863. The van der Waals surface area contributed by atoms with Crippen LogP contribution in [0.25, 0.3) is 0 Å². The number of nitriles is 1. The number of carbonyl (C=O) groups is 1. The van der Waals surface area contributed by atoms with Gasteiger partial charge in [0.1, 0.15) is 11.9 Å². The smallest absolute Gasteiger partial charge is 0.239 e. The molecule has 0 bridgehead atoms. The van der Waals surface area contributed by atoms with E-state index in [4.69, 9.17) is 5.26 Å². The molecule has 1 aromatic carbocycles. The highest BCUT2D eigenvalue weighted by Crippen LogP contribution is 2.08. The van der Waals surface area contributed by atoms with Crippen LogP contribution < -0.4 is 10.6 Å². The van der Waals surface area contributed by atoms with E-state index in [0.717, 1.165) is 5.56 Å². The number of pyridine rings is 1. The van der Waals surface area contributed by atoms with Crippen molar-refractivity contribution in [3.05, 3.63) is 59.8 Å². The van der Waals surface area contributed by atoms with Crippen LogP contribution in [-0.2, 0) is 11.3 Å². The molecule has 1 heterocycles. The average Bonchev–Trinajstić information content (AvgIpc) is 2.52. The summed E-state index contributed by atoms with van der Waals surface area (Å²) in [5, 5.41) is 14.6. The lowest BCUT2D eigenvalue weighted by Crippen LogP contribution is -2.29. The van der Waals surface area contributed by atoms with Crippen molar-refractivity contribution in [1.82, 2.24) is 10.3 Å². The number of benzene rings is 1. The first-order valence-corrected chi connectivity index (χ1v) is 6.19. The Balaban J connectivity index is 1.82. The fraction of sp³-hybridized carbons (Fsp3) is 0.133. The maximum atomic E-state index is 11.7. The zero-order valence-corrected chi connectivity index (χ0v) is 10.8. The Morgan fingerprint density at radius 1 is 1.20 bits per heavy atom. The first kappa shape index (κ1) is 13.6. The third kappa shape index (κ3) is 3.82. The topological polar surface area (TPSA) is 77.8 Å². The van der Waals surface area contributed by atoms with Crippen molar-refractivity contribution < 1.29 is 4.79 Å². The number of anilines is 1. The van der Waals surface area contributed by atoms with E-state index in [-0.39, 0.29) is 12.5 Å². The van der Waals surface area contributed by atoms with Gasteiger partial charge < -0.3 is 10.6 Å². The zero-order valence-electron chi connectivity index (χ0n) is 10.8. The second kappa shape index (κ2) is 6.90. The Kier molecular flexibility index (Phi) is 4.68. The van der Waals surface area contributed by atoms with Gasteiger partial charge in [-0.15, -0.1) is 0 Å². The summed E-state index contributed by atoms with van der Waals surface area (Å²) < 4.78 is 0. The monoisotopic (exact) mass is 266 g/mol. The van der Waals surface area contributed by atoms with Crippen molar-refractivity contribution >= 4 is 11.7 Å². The van der Waals surface area contributed by atoms with Crippen molar-refractivity contribution in [2.24, 2.45) is 0 Å². The van der Waals surface area contributed by atoms with Crippen molar-refractivity contribution in [2.75, 3.05) is 11.9 Å². The van der Waals surface area contributed by atoms with Gasteiger partial charge >= 0.3 is 0 Å². The minimum atomic E-state index is -0.150. The van der Waals surface area contributed by atoms with Gasteiger partial charge in [0.25, 0.3) is 0 Å². The van der Waals surface area contributed by atoms with Crippen LogP contribution in [-0.4, -0.2) is 17.4 Å². The van der Waals surface area contributed by atoms with Crippen LogP contribution in [0.5, 0.6) is 0 Å². The maximum absolute atomic E-state index is 11.7. The van der Waals surface area contributed by atoms with Gasteiger partial charge in [0, 0.05) is 12.7 Å². The van der Waals surface area contributed by atoms with Crippen LogP contribution in [0.1, 0.15) is 11.1 Å². The van der Waals surface area contributed by atoms with E-state index in [1.807, 2.05) is 36.4 Å². The molecule has 0 fully saturated rings. The molecule has 1 aromatic heterocycles. The second-order valence-corrected chi connectivity index (χ2v) is 4.13. The van der Waals surface area contributed by atoms with Crippen LogP contribution in [0.3, 0.4) is 0 Å². The van der Waals surface area contributed by atoms with E-state index in [0.29, 0.717) is 17.9 Å². The largest absolute Gasteiger partial charge is 0.360 e. The molecule has 0 aliphatic heterocycles. The molecule has 2 aromatic rings. The lowest BCUT2D eigenvalue weighted by Gasteiger charge is -2.08. The summed E-state index contributed by atoms with van der Waals surface area (Å²) >= 11 is 0. The Hall–Kier alpha value is -2.87. The molecule has 0 radical (unpaired) electrons. The summed E-state index contributed by atoms with van der Waals surface area (Å²) in [4.78, 5) is 15.7. The molecule has 20 heavy (non-hydrogen) atoms. The van der Waals surface area contributed by atoms with Crippen molar-refractivity contribution in [2.45, 2.75) is 6.54 Å². The highest BCUT2D eigenvalue weighted by atomic mass is 16.1. The molecule has 0 aliphatic rings.